The van der Waals surface area contributed by atoms with Crippen LogP contribution in [-0.2, 0) is 0 Å². The second-order valence-corrected chi connectivity index (χ2v) is 2.71. The van der Waals surface area contributed by atoms with Crippen LogP contribution in [0.5, 0.6) is 0 Å². The summed E-state index contributed by atoms with van der Waals surface area (Å²) < 4.78 is 0. The van der Waals surface area contributed by atoms with Gasteiger partial charge in [0.15, 0.2) is 0 Å². The van der Waals surface area contributed by atoms with E-state index >= 15 is 0 Å². The Labute approximate surface area is 61.5 Å². The van der Waals surface area contributed by atoms with Crippen LogP contribution in [0, 0.1) is 13.8 Å². The van der Waals surface area contributed by atoms with E-state index in [0.717, 1.165) is 10.4 Å². The van der Waals surface area contributed by atoms with Crippen molar-refractivity contribution in [1.82, 2.24) is 0 Å². The minimum Gasteiger partial charge on any atom is -0.0912 e. The molecule has 0 aliphatic heterocycles. The Morgan fingerprint density at radius 2 is 1.20 bits per heavy atom. The average Bonchev–Trinajstić information content (AvgIpc) is 1.84. The minimum atomic E-state index is 1.03. The topological polar surface area (TPSA) is 0 Å². The second-order valence-electron chi connectivity index (χ2n) is 2.71. The van der Waals surface area contributed by atoms with E-state index in [9.17, 15) is 0 Å². The molecule has 0 saturated carbocycles. The molecule has 0 N–H and O–H groups in total. The van der Waals surface area contributed by atoms with Gasteiger partial charge in [-0.2, -0.15) is 0 Å². The van der Waals surface area contributed by atoms with Crippen LogP contribution in [0.15, 0.2) is 12.1 Å². The third-order valence-corrected chi connectivity index (χ3v) is 1.82. The van der Waals surface area contributed by atoms with Gasteiger partial charge in [0.05, 0.1) is 0 Å². The van der Waals surface area contributed by atoms with E-state index in [1.165, 1.54) is 11.1 Å². The molecular weight excluding hydrogens is 120 g/mol. The van der Waals surface area contributed by atoms with Crippen molar-refractivity contribution < 1.29 is 0 Å². The number of aryl methyl sites for hydroxylation is 2. The van der Waals surface area contributed by atoms with Crippen LogP contribution in [0.2, 0.25) is 0 Å². The summed E-state index contributed by atoms with van der Waals surface area (Å²) in [5.41, 5.74) is 2.58. The summed E-state index contributed by atoms with van der Waals surface area (Å²) in [6.07, 6.45) is 0. The summed E-state index contributed by atoms with van der Waals surface area (Å²) in [7, 11) is 0. The SMILES string of the molecule is C=c1cc(C)c(C)cc1=C. The quantitative estimate of drug-likeness (QED) is 0.496. The summed E-state index contributed by atoms with van der Waals surface area (Å²) in [5, 5.41) is 2.06. The zero-order valence-corrected chi connectivity index (χ0v) is 6.57. The van der Waals surface area contributed by atoms with Crippen molar-refractivity contribution in [3.63, 3.8) is 0 Å². The molecule has 0 aromatic heterocycles. The van der Waals surface area contributed by atoms with Gasteiger partial charge < -0.3 is 0 Å². The highest BCUT2D eigenvalue weighted by Gasteiger charge is 1.88. The maximum Gasteiger partial charge on any atom is -0.0259 e. The Hall–Kier alpha value is -1.04. The largest absolute Gasteiger partial charge is 0.0912 e. The molecule has 0 atom stereocenters. The van der Waals surface area contributed by atoms with E-state index in [2.05, 4.69) is 39.1 Å². The third-order valence-electron chi connectivity index (χ3n) is 1.82. The molecule has 0 amide bonds. The molecule has 1 aromatic carbocycles. The van der Waals surface area contributed by atoms with E-state index in [1.807, 2.05) is 0 Å². The van der Waals surface area contributed by atoms with Crippen molar-refractivity contribution in [2.24, 2.45) is 0 Å². The van der Waals surface area contributed by atoms with E-state index in [1.54, 1.807) is 0 Å². The fourth-order valence-corrected chi connectivity index (χ4v) is 0.936. The van der Waals surface area contributed by atoms with Gasteiger partial charge in [0, 0.05) is 0 Å². The van der Waals surface area contributed by atoms with Crippen LogP contribution in [0.25, 0.3) is 13.2 Å². The average molecular weight is 132 g/mol. The van der Waals surface area contributed by atoms with Crippen molar-refractivity contribution in [2.75, 3.05) is 0 Å². The van der Waals surface area contributed by atoms with Gasteiger partial charge in [0.25, 0.3) is 0 Å². The Morgan fingerprint density at radius 3 is 1.50 bits per heavy atom. The summed E-state index contributed by atoms with van der Waals surface area (Å²) in [5.74, 6) is 0. The predicted octanol–water partition coefficient (Wildman–Crippen LogP) is 1.12. The smallest absolute Gasteiger partial charge is 0.0259 e. The van der Waals surface area contributed by atoms with E-state index in [0.29, 0.717) is 0 Å². The molecule has 0 radical (unpaired) electrons. The molecule has 1 rings (SSSR count). The van der Waals surface area contributed by atoms with E-state index < -0.39 is 0 Å². The molecule has 0 spiro atoms. The third kappa shape index (κ3) is 1.10. The van der Waals surface area contributed by atoms with Crippen molar-refractivity contribution in [3.05, 3.63) is 33.7 Å². The predicted molar refractivity (Wildman–Crippen MR) is 46.2 cm³/mol. The zero-order chi connectivity index (χ0) is 7.72. The van der Waals surface area contributed by atoms with Gasteiger partial charge in [-0.25, -0.2) is 0 Å². The van der Waals surface area contributed by atoms with Gasteiger partial charge in [0.2, 0.25) is 0 Å². The van der Waals surface area contributed by atoms with Crippen LogP contribution in [0.4, 0.5) is 0 Å². The number of benzene rings is 1. The van der Waals surface area contributed by atoms with Crippen LogP contribution < -0.4 is 10.4 Å². The lowest BCUT2D eigenvalue weighted by molar-refractivity contribution is 1.30. The van der Waals surface area contributed by atoms with Crippen LogP contribution >= 0.6 is 0 Å². The Kier molecular flexibility index (Phi) is 1.62. The highest BCUT2D eigenvalue weighted by Crippen LogP contribution is 1.96. The van der Waals surface area contributed by atoms with Gasteiger partial charge in [-0.05, 0) is 35.4 Å². The maximum atomic E-state index is 3.86. The molecule has 0 bridgehead atoms. The van der Waals surface area contributed by atoms with Gasteiger partial charge in [-0.15, -0.1) is 0 Å². The molecule has 0 fully saturated rings. The first kappa shape index (κ1) is 7.07. The summed E-state index contributed by atoms with van der Waals surface area (Å²) in [4.78, 5) is 0. The Bertz CT molecular complexity index is 299. The van der Waals surface area contributed by atoms with Crippen molar-refractivity contribution in [1.29, 1.82) is 0 Å². The Morgan fingerprint density at radius 1 is 0.900 bits per heavy atom. The van der Waals surface area contributed by atoms with Crippen molar-refractivity contribution >= 4 is 13.2 Å². The molecule has 0 nitrogen and oxygen atoms in total. The van der Waals surface area contributed by atoms with Gasteiger partial charge in [0.1, 0.15) is 0 Å². The van der Waals surface area contributed by atoms with E-state index in [-0.39, 0.29) is 0 Å². The first-order valence-electron chi connectivity index (χ1n) is 3.36. The van der Waals surface area contributed by atoms with Crippen LogP contribution in [-0.4, -0.2) is 0 Å². The summed E-state index contributed by atoms with van der Waals surface area (Å²) in [6.45, 7) is 11.9. The molecule has 1 aromatic rings. The lowest BCUT2D eigenvalue weighted by Crippen LogP contribution is -2.21. The molecule has 0 unspecified atom stereocenters. The molecule has 0 saturated heterocycles. The highest BCUT2D eigenvalue weighted by molar-refractivity contribution is 5.29. The standard InChI is InChI=1S/C10H12/c1-7-5-9(3)10(4)6-8(7)2/h5-6H,1-2H2,3-4H3. The normalized spacial score (nSPS) is 9.80. The summed E-state index contributed by atoms with van der Waals surface area (Å²) in [6, 6.07) is 4.13. The van der Waals surface area contributed by atoms with Crippen molar-refractivity contribution in [2.45, 2.75) is 13.8 Å². The van der Waals surface area contributed by atoms with Crippen LogP contribution in [0.3, 0.4) is 0 Å². The molecule has 10 heavy (non-hydrogen) atoms. The first-order valence-corrected chi connectivity index (χ1v) is 3.36. The zero-order valence-electron chi connectivity index (χ0n) is 6.57. The maximum absolute atomic E-state index is 3.86. The fraction of sp³-hybridized carbons (Fsp3) is 0.200. The lowest BCUT2D eigenvalue weighted by Gasteiger charge is -1.97. The van der Waals surface area contributed by atoms with Gasteiger partial charge >= 0.3 is 0 Å². The number of hydrogen-bond acceptors (Lipinski definition) is 0. The van der Waals surface area contributed by atoms with Gasteiger partial charge in [-0.3, -0.25) is 0 Å². The monoisotopic (exact) mass is 132 g/mol. The molecule has 0 heterocycles. The molecule has 0 heteroatoms. The van der Waals surface area contributed by atoms with Crippen molar-refractivity contribution in [3.8, 4) is 0 Å². The lowest BCUT2D eigenvalue weighted by atomic mass is 10.1. The van der Waals surface area contributed by atoms with E-state index in [4.69, 9.17) is 0 Å². The molecule has 0 aliphatic carbocycles. The molecular formula is C10H12. The second kappa shape index (κ2) is 2.30. The number of hydrogen-bond donors (Lipinski definition) is 0. The minimum absolute atomic E-state index is 1.03. The van der Waals surface area contributed by atoms with Gasteiger partial charge in [-0.1, -0.05) is 25.3 Å². The highest BCUT2D eigenvalue weighted by atomic mass is 13.9. The van der Waals surface area contributed by atoms with Crippen LogP contribution in [0.1, 0.15) is 11.1 Å². The molecule has 52 valence electrons. The number of rotatable bonds is 0. The first-order chi connectivity index (χ1) is 4.61. The fourth-order valence-electron chi connectivity index (χ4n) is 0.936. The molecule has 0 aliphatic rings. The Balaban J connectivity index is 3.59. The summed E-state index contributed by atoms with van der Waals surface area (Å²) >= 11 is 0.